The lowest BCUT2D eigenvalue weighted by Gasteiger charge is -2.16. The number of likely N-dealkylation sites (tertiary alicyclic amines) is 1. The van der Waals surface area contributed by atoms with Gasteiger partial charge >= 0.3 is 0 Å². The van der Waals surface area contributed by atoms with Crippen LogP contribution in [0.5, 0.6) is 0 Å². The molecule has 0 bridgehead atoms. The van der Waals surface area contributed by atoms with Gasteiger partial charge in [-0.1, -0.05) is 58.8 Å². The molecule has 20 heavy (non-hydrogen) atoms. The molecule has 2 nitrogen and oxygen atoms in total. The van der Waals surface area contributed by atoms with Crippen LogP contribution in [0.4, 0.5) is 0 Å². The highest BCUT2D eigenvalue weighted by Gasteiger charge is 2.21. The predicted octanol–water partition coefficient (Wildman–Crippen LogP) is 4.45. The fraction of sp³-hybridized carbons (Fsp3) is 1.00. The summed E-state index contributed by atoms with van der Waals surface area (Å²) in [6, 6.07) is 0. The molecule has 0 aromatic carbocycles. The fourth-order valence-electron chi connectivity index (χ4n) is 3.23. The second-order valence-electron chi connectivity index (χ2n) is 6.63. The SMILES string of the molecule is CCCCCCCCCCN1CCC(CNCCC)C1. The minimum Gasteiger partial charge on any atom is -0.316 e. The smallest absolute Gasteiger partial charge is 0.00223 e. The zero-order valence-corrected chi connectivity index (χ0v) is 14.1. The number of unbranched alkanes of at least 4 members (excludes halogenated alkanes) is 7. The van der Waals surface area contributed by atoms with Gasteiger partial charge in [0.25, 0.3) is 0 Å². The summed E-state index contributed by atoms with van der Waals surface area (Å²) in [7, 11) is 0. The van der Waals surface area contributed by atoms with Crippen molar-refractivity contribution < 1.29 is 0 Å². The largest absolute Gasteiger partial charge is 0.316 e. The number of rotatable bonds is 13. The third kappa shape index (κ3) is 8.97. The standard InChI is InChI=1S/C18H38N2/c1-3-5-6-7-8-9-10-11-14-20-15-12-18(17-20)16-19-13-4-2/h18-19H,3-17H2,1-2H3. The van der Waals surface area contributed by atoms with Crippen LogP contribution in [0.15, 0.2) is 0 Å². The Kier molecular flexibility index (Phi) is 11.4. The number of nitrogens with one attached hydrogen (secondary N) is 1. The molecule has 1 rings (SSSR count). The van der Waals surface area contributed by atoms with Gasteiger partial charge in [0.15, 0.2) is 0 Å². The van der Waals surface area contributed by atoms with E-state index < -0.39 is 0 Å². The van der Waals surface area contributed by atoms with E-state index in [1.807, 2.05) is 0 Å². The minimum absolute atomic E-state index is 0.913. The van der Waals surface area contributed by atoms with Crippen molar-refractivity contribution in [2.45, 2.75) is 78.1 Å². The van der Waals surface area contributed by atoms with Crippen LogP contribution < -0.4 is 5.32 Å². The molecule has 1 atom stereocenters. The average Bonchev–Trinajstić information content (AvgIpc) is 2.90. The number of hydrogen-bond acceptors (Lipinski definition) is 2. The van der Waals surface area contributed by atoms with Crippen LogP contribution in [-0.2, 0) is 0 Å². The van der Waals surface area contributed by atoms with Gasteiger partial charge in [-0.05, 0) is 51.4 Å². The van der Waals surface area contributed by atoms with Crippen LogP contribution in [0.1, 0.15) is 78.1 Å². The molecule has 0 amide bonds. The monoisotopic (exact) mass is 282 g/mol. The molecule has 0 spiro atoms. The molecule has 1 unspecified atom stereocenters. The summed E-state index contributed by atoms with van der Waals surface area (Å²) in [6.07, 6.45) is 14.2. The molecule has 1 N–H and O–H groups in total. The Balaban J connectivity index is 1.86. The van der Waals surface area contributed by atoms with Crippen molar-refractivity contribution in [1.29, 1.82) is 0 Å². The van der Waals surface area contributed by atoms with Crippen molar-refractivity contribution in [1.82, 2.24) is 10.2 Å². The van der Waals surface area contributed by atoms with Crippen LogP contribution in [0, 0.1) is 5.92 Å². The summed E-state index contributed by atoms with van der Waals surface area (Å²) in [6.45, 7) is 11.0. The van der Waals surface area contributed by atoms with Crippen molar-refractivity contribution in [2.75, 3.05) is 32.7 Å². The first-order valence-electron chi connectivity index (χ1n) is 9.29. The highest BCUT2D eigenvalue weighted by atomic mass is 15.1. The maximum atomic E-state index is 3.57. The zero-order chi connectivity index (χ0) is 14.5. The van der Waals surface area contributed by atoms with E-state index in [4.69, 9.17) is 0 Å². The fourth-order valence-corrected chi connectivity index (χ4v) is 3.23. The Bertz CT molecular complexity index is 206. The Morgan fingerprint density at radius 2 is 1.60 bits per heavy atom. The lowest BCUT2D eigenvalue weighted by atomic mass is 10.1. The van der Waals surface area contributed by atoms with E-state index in [9.17, 15) is 0 Å². The Morgan fingerprint density at radius 3 is 2.30 bits per heavy atom. The summed E-state index contributed by atoms with van der Waals surface area (Å²) in [5, 5.41) is 3.57. The van der Waals surface area contributed by atoms with Gasteiger partial charge in [0.1, 0.15) is 0 Å². The maximum absolute atomic E-state index is 3.57. The van der Waals surface area contributed by atoms with Gasteiger partial charge < -0.3 is 10.2 Å². The topological polar surface area (TPSA) is 15.3 Å². The molecule has 0 aromatic rings. The highest BCUT2D eigenvalue weighted by molar-refractivity contribution is 4.76. The number of nitrogens with zero attached hydrogens (tertiary/aromatic N) is 1. The lowest BCUT2D eigenvalue weighted by Crippen LogP contribution is -2.27. The Morgan fingerprint density at radius 1 is 0.900 bits per heavy atom. The van der Waals surface area contributed by atoms with Crippen molar-refractivity contribution >= 4 is 0 Å². The second kappa shape index (κ2) is 12.6. The van der Waals surface area contributed by atoms with Crippen molar-refractivity contribution in [2.24, 2.45) is 5.92 Å². The van der Waals surface area contributed by atoms with E-state index in [1.165, 1.54) is 96.9 Å². The van der Waals surface area contributed by atoms with E-state index >= 15 is 0 Å². The predicted molar refractivity (Wildman–Crippen MR) is 90.3 cm³/mol. The maximum Gasteiger partial charge on any atom is 0.00223 e. The first kappa shape index (κ1) is 18.0. The minimum atomic E-state index is 0.913. The van der Waals surface area contributed by atoms with Crippen LogP contribution in [0.2, 0.25) is 0 Å². The van der Waals surface area contributed by atoms with Crippen molar-refractivity contribution in [3.8, 4) is 0 Å². The number of hydrogen-bond donors (Lipinski definition) is 1. The van der Waals surface area contributed by atoms with Gasteiger partial charge in [-0.15, -0.1) is 0 Å². The summed E-state index contributed by atoms with van der Waals surface area (Å²) in [4.78, 5) is 2.69. The summed E-state index contributed by atoms with van der Waals surface area (Å²) in [5.74, 6) is 0.913. The Hall–Kier alpha value is -0.0800. The van der Waals surface area contributed by atoms with Gasteiger partial charge in [0, 0.05) is 6.54 Å². The van der Waals surface area contributed by atoms with Crippen molar-refractivity contribution in [3.05, 3.63) is 0 Å². The van der Waals surface area contributed by atoms with Crippen LogP contribution in [-0.4, -0.2) is 37.6 Å². The van der Waals surface area contributed by atoms with Crippen LogP contribution >= 0.6 is 0 Å². The van der Waals surface area contributed by atoms with E-state index in [-0.39, 0.29) is 0 Å². The van der Waals surface area contributed by atoms with Crippen LogP contribution in [0.3, 0.4) is 0 Å². The molecule has 0 aromatic heterocycles. The molecule has 120 valence electrons. The van der Waals surface area contributed by atoms with Gasteiger partial charge in [0.2, 0.25) is 0 Å². The van der Waals surface area contributed by atoms with Gasteiger partial charge in [-0.25, -0.2) is 0 Å². The van der Waals surface area contributed by atoms with Crippen molar-refractivity contribution in [3.63, 3.8) is 0 Å². The van der Waals surface area contributed by atoms with E-state index in [1.54, 1.807) is 0 Å². The van der Waals surface area contributed by atoms with Gasteiger partial charge in [-0.2, -0.15) is 0 Å². The second-order valence-corrected chi connectivity index (χ2v) is 6.63. The van der Waals surface area contributed by atoms with E-state index in [0.717, 1.165) is 5.92 Å². The molecule has 1 heterocycles. The molecular weight excluding hydrogens is 244 g/mol. The molecule has 1 fully saturated rings. The average molecular weight is 283 g/mol. The zero-order valence-electron chi connectivity index (χ0n) is 14.1. The summed E-state index contributed by atoms with van der Waals surface area (Å²) >= 11 is 0. The molecule has 2 heteroatoms. The van der Waals surface area contributed by atoms with Crippen LogP contribution in [0.25, 0.3) is 0 Å². The van der Waals surface area contributed by atoms with E-state index in [2.05, 4.69) is 24.1 Å². The quantitative estimate of drug-likeness (QED) is 0.502. The first-order chi connectivity index (χ1) is 9.86. The highest BCUT2D eigenvalue weighted by Crippen LogP contribution is 2.16. The van der Waals surface area contributed by atoms with E-state index in [0.29, 0.717) is 0 Å². The summed E-state index contributed by atoms with van der Waals surface area (Å²) in [5.41, 5.74) is 0. The van der Waals surface area contributed by atoms with Gasteiger partial charge in [0.05, 0.1) is 0 Å². The molecule has 0 radical (unpaired) electrons. The summed E-state index contributed by atoms with van der Waals surface area (Å²) < 4.78 is 0. The first-order valence-corrected chi connectivity index (χ1v) is 9.29. The third-order valence-corrected chi connectivity index (χ3v) is 4.56. The Labute approximate surface area is 127 Å². The molecular formula is C18H38N2. The molecule has 0 aliphatic carbocycles. The third-order valence-electron chi connectivity index (χ3n) is 4.56. The van der Waals surface area contributed by atoms with Gasteiger partial charge in [-0.3, -0.25) is 0 Å². The lowest BCUT2D eigenvalue weighted by molar-refractivity contribution is 0.312. The molecule has 0 saturated carbocycles. The molecule has 1 saturated heterocycles. The molecule has 1 aliphatic heterocycles. The normalized spacial score (nSPS) is 19.8. The molecule has 1 aliphatic rings.